The van der Waals surface area contributed by atoms with Gasteiger partial charge < -0.3 is 15.2 Å². The number of carboxylic acid groups (broad SMARTS) is 1. The van der Waals surface area contributed by atoms with Gasteiger partial charge in [-0.15, -0.1) is 0 Å². The molecule has 2 N–H and O–H groups in total. The zero-order chi connectivity index (χ0) is 11.7. The molecule has 1 aromatic carbocycles. The van der Waals surface area contributed by atoms with Gasteiger partial charge in [-0.2, -0.15) is 0 Å². The summed E-state index contributed by atoms with van der Waals surface area (Å²) >= 11 is 0. The van der Waals surface area contributed by atoms with Crippen molar-refractivity contribution < 1.29 is 14.6 Å². The van der Waals surface area contributed by atoms with E-state index in [1.54, 1.807) is 0 Å². The molecule has 0 saturated heterocycles. The van der Waals surface area contributed by atoms with Crippen LogP contribution in [0.4, 0.5) is 5.69 Å². The fourth-order valence-electron chi connectivity index (χ4n) is 1.85. The van der Waals surface area contributed by atoms with Crippen molar-refractivity contribution in [1.82, 2.24) is 0 Å². The molecule has 2 rings (SSSR count). The molecule has 2 unspecified atom stereocenters. The number of benzene rings is 1. The van der Waals surface area contributed by atoms with Gasteiger partial charge in [0, 0.05) is 0 Å². The van der Waals surface area contributed by atoms with Crippen molar-refractivity contribution in [2.24, 2.45) is 0 Å². The number of carbonyl (C=O) groups is 1. The molecule has 4 heteroatoms. The van der Waals surface area contributed by atoms with Gasteiger partial charge in [-0.05, 0) is 31.5 Å². The normalized spacial score (nSPS) is 22.9. The van der Waals surface area contributed by atoms with Crippen molar-refractivity contribution in [3.8, 4) is 5.75 Å². The number of carboxylic acids is 1. The summed E-state index contributed by atoms with van der Waals surface area (Å²) in [6, 6.07) is 5.83. The van der Waals surface area contributed by atoms with E-state index in [9.17, 15) is 4.79 Å². The largest absolute Gasteiger partial charge is 0.486 e. The predicted octanol–water partition coefficient (Wildman–Crippen LogP) is 2.03. The minimum atomic E-state index is -0.839. The summed E-state index contributed by atoms with van der Waals surface area (Å²) in [5.41, 5.74) is 2.09. The van der Waals surface area contributed by atoms with Crippen molar-refractivity contribution in [2.45, 2.75) is 32.4 Å². The Balaban J connectivity index is 2.21. The Morgan fingerprint density at radius 1 is 1.56 bits per heavy atom. The van der Waals surface area contributed by atoms with Gasteiger partial charge in [0.2, 0.25) is 0 Å². The Kier molecular flexibility index (Phi) is 2.73. The van der Waals surface area contributed by atoms with Crippen LogP contribution >= 0.6 is 0 Å². The molecule has 1 aromatic rings. The van der Waals surface area contributed by atoms with Gasteiger partial charge in [0.15, 0.2) is 0 Å². The molecule has 0 spiro atoms. The SMILES string of the molecule is Cc1ccc2c(c1)NC(C)C(CC(=O)O)O2. The number of hydrogen-bond acceptors (Lipinski definition) is 3. The number of nitrogens with one attached hydrogen (secondary N) is 1. The second-order valence-electron chi connectivity index (χ2n) is 4.19. The maximum atomic E-state index is 10.7. The van der Waals surface area contributed by atoms with Crippen molar-refractivity contribution in [1.29, 1.82) is 0 Å². The van der Waals surface area contributed by atoms with E-state index in [1.807, 2.05) is 32.0 Å². The van der Waals surface area contributed by atoms with E-state index in [-0.39, 0.29) is 18.6 Å². The molecular weight excluding hydrogens is 206 g/mol. The van der Waals surface area contributed by atoms with Crippen LogP contribution < -0.4 is 10.1 Å². The maximum Gasteiger partial charge on any atom is 0.307 e. The standard InChI is InChI=1S/C12H15NO3/c1-7-3-4-10-9(5-7)13-8(2)11(16-10)6-12(14)15/h3-5,8,11,13H,6H2,1-2H3,(H,14,15). The van der Waals surface area contributed by atoms with Gasteiger partial charge in [-0.25, -0.2) is 0 Å². The van der Waals surface area contributed by atoms with Crippen LogP contribution in [-0.4, -0.2) is 23.2 Å². The van der Waals surface area contributed by atoms with Gasteiger partial charge in [-0.1, -0.05) is 6.07 Å². The van der Waals surface area contributed by atoms with Crippen LogP contribution in [-0.2, 0) is 4.79 Å². The summed E-state index contributed by atoms with van der Waals surface area (Å²) < 4.78 is 5.67. The Morgan fingerprint density at radius 3 is 3.00 bits per heavy atom. The highest BCUT2D eigenvalue weighted by molar-refractivity contribution is 5.68. The number of anilines is 1. The molecule has 0 amide bonds. The molecule has 1 aliphatic rings. The topological polar surface area (TPSA) is 58.6 Å². The van der Waals surface area contributed by atoms with Crippen molar-refractivity contribution in [2.75, 3.05) is 5.32 Å². The van der Waals surface area contributed by atoms with E-state index in [2.05, 4.69) is 5.32 Å². The first-order valence-corrected chi connectivity index (χ1v) is 5.32. The summed E-state index contributed by atoms with van der Waals surface area (Å²) in [6.45, 7) is 3.94. The first kappa shape index (κ1) is 10.8. The summed E-state index contributed by atoms with van der Waals surface area (Å²) in [6.07, 6.45) is -0.297. The molecule has 0 aromatic heterocycles. The summed E-state index contributed by atoms with van der Waals surface area (Å²) in [5.74, 6) is -0.107. The Hall–Kier alpha value is -1.71. The summed E-state index contributed by atoms with van der Waals surface area (Å²) in [7, 11) is 0. The predicted molar refractivity (Wildman–Crippen MR) is 60.9 cm³/mol. The van der Waals surface area contributed by atoms with Crippen LogP contribution in [0.3, 0.4) is 0 Å². The Labute approximate surface area is 94.2 Å². The first-order chi connectivity index (χ1) is 7.56. The van der Waals surface area contributed by atoms with Gasteiger partial charge >= 0.3 is 5.97 Å². The lowest BCUT2D eigenvalue weighted by molar-refractivity contribution is -0.139. The molecule has 1 aliphatic heterocycles. The van der Waals surface area contributed by atoms with Gasteiger partial charge in [0.05, 0.1) is 18.2 Å². The van der Waals surface area contributed by atoms with E-state index in [0.717, 1.165) is 17.0 Å². The second-order valence-corrected chi connectivity index (χ2v) is 4.19. The minimum Gasteiger partial charge on any atom is -0.486 e. The lowest BCUT2D eigenvalue weighted by Gasteiger charge is -2.32. The molecule has 0 bridgehead atoms. The van der Waals surface area contributed by atoms with E-state index in [0.29, 0.717) is 0 Å². The smallest absolute Gasteiger partial charge is 0.307 e. The van der Waals surface area contributed by atoms with Crippen molar-refractivity contribution in [3.63, 3.8) is 0 Å². The zero-order valence-corrected chi connectivity index (χ0v) is 9.36. The molecule has 0 radical (unpaired) electrons. The number of ether oxygens (including phenoxy) is 1. The third-order valence-corrected chi connectivity index (χ3v) is 2.73. The molecule has 2 atom stereocenters. The molecule has 0 saturated carbocycles. The number of rotatable bonds is 2. The zero-order valence-electron chi connectivity index (χ0n) is 9.36. The minimum absolute atomic E-state index is 0.00500. The van der Waals surface area contributed by atoms with Crippen LogP contribution in [0.2, 0.25) is 0 Å². The fourth-order valence-corrected chi connectivity index (χ4v) is 1.85. The molecule has 0 fully saturated rings. The molecule has 4 nitrogen and oxygen atoms in total. The van der Waals surface area contributed by atoms with E-state index < -0.39 is 5.97 Å². The molecule has 16 heavy (non-hydrogen) atoms. The highest BCUT2D eigenvalue weighted by Crippen LogP contribution is 2.32. The highest BCUT2D eigenvalue weighted by atomic mass is 16.5. The summed E-state index contributed by atoms with van der Waals surface area (Å²) in [5, 5.41) is 12.0. The Morgan fingerprint density at radius 2 is 2.31 bits per heavy atom. The fraction of sp³-hybridized carbons (Fsp3) is 0.417. The number of aryl methyl sites for hydroxylation is 1. The third-order valence-electron chi connectivity index (χ3n) is 2.73. The lowest BCUT2D eigenvalue weighted by atomic mass is 10.1. The molecule has 86 valence electrons. The quantitative estimate of drug-likeness (QED) is 0.802. The molecule has 1 heterocycles. The van der Waals surface area contributed by atoms with Gasteiger partial charge in [-0.3, -0.25) is 4.79 Å². The van der Waals surface area contributed by atoms with Crippen LogP contribution in [0.5, 0.6) is 5.75 Å². The first-order valence-electron chi connectivity index (χ1n) is 5.32. The number of aliphatic carboxylic acids is 1. The third kappa shape index (κ3) is 2.10. The maximum absolute atomic E-state index is 10.7. The number of fused-ring (bicyclic) bond motifs is 1. The van der Waals surface area contributed by atoms with Gasteiger partial charge in [0.1, 0.15) is 11.9 Å². The van der Waals surface area contributed by atoms with Crippen molar-refractivity contribution in [3.05, 3.63) is 23.8 Å². The van der Waals surface area contributed by atoms with Crippen LogP contribution in [0.25, 0.3) is 0 Å². The van der Waals surface area contributed by atoms with Crippen LogP contribution in [0.15, 0.2) is 18.2 Å². The summed E-state index contributed by atoms with van der Waals surface area (Å²) in [4.78, 5) is 10.7. The second kappa shape index (κ2) is 4.04. The monoisotopic (exact) mass is 221 g/mol. The average molecular weight is 221 g/mol. The lowest BCUT2D eigenvalue weighted by Crippen LogP contribution is -2.40. The highest BCUT2D eigenvalue weighted by Gasteiger charge is 2.27. The van der Waals surface area contributed by atoms with Crippen LogP contribution in [0, 0.1) is 6.92 Å². The Bertz CT molecular complexity index is 417. The van der Waals surface area contributed by atoms with Crippen molar-refractivity contribution >= 4 is 11.7 Å². The van der Waals surface area contributed by atoms with E-state index >= 15 is 0 Å². The molecular formula is C12H15NO3. The van der Waals surface area contributed by atoms with Crippen LogP contribution in [0.1, 0.15) is 18.9 Å². The molecule has 0 aliphatic carbocycles. The van der Waals surface area contributed by atoms with Gasteiger partial charge in [0.25, 0.3) is 0 Å². The average Bonchev–Trinajstić information content (AvgIpc) is 2.19. The number of hydrogen-bond donors (Lipinski definition) is 2. The van der Waals surface area contributed by atoms with E-state index in [1.165, 1.54) is 0 Å². The van der Waals surface area contributed by atoms with E-state index in [4.69, 9.17) is 9.84 Å².